The first-order chi connectivity index (χ1) is 13.7. The van der Waals surface area contributed by atoms with Gasteiger partial charge in [-0.3, -0.25) is 14.5 Å². The fraction of sp³-hybridized carbons (Fsp3) is 0.238. The summed E-state index contributed by atoms with van der Waals surface area (Å²) in [6.07, 6.45) is 0.421. The summed E-state index contributed by atoms with van der Waals surface area (Å²) in [5.74, 6) is -0.584. The van der Waals surface area contributed by atoms with Crippen LogP contribution in [0, 0.1) is 0 Å². The molecular weight excluding hydrogens is 408 g/mol. The molecule has 2 N–H and O–H groups in total. The first-order valence-corrected chi connectivity index (χ1v) is 11.6. The molecule has 2 aromatic carbocycles. The summed E-state index contributed by atoms with van der Waals surface area (Å²) >= 11 is 1.39. The average Bonchev–Trinajstić information content (AvgIpc) is 2.89. The molecule has 8 heteroatoms. The number of rotatable bonds is 7. The first-order valence-electron chi connectivity index (χ1n) is 9.12. The highest BCUT2D eigenvalue weighted by Gasteiger charge is 2.39. The molecule has 0 unspecified atom stereocenters. The summed E-state index contributed by atoms with van der Waals surface area (Å²) < 4.78 is 22.7. The molecule has 1 heterocycles. The van der Waals surface area contributed by atoms with Gasteiger partial charge in [-0.2, -0.15) is 0 Å². The normalized spacial score (nSPS) is 15.0. The maximum Gasteiger partial charge on any atom is 0.268 e. The second-order valence-electron chi connectivity index (χ2n) is 6.94. The Morgan fingerprint density at radius 2 is 1.59 bits per heavy atom. The molecular formula is C21H22N2O4S2. The van der Waals surface area contributed by atoms with Gasteiger partial charge in [0.2, 0.25) is 10.0 Å². The average molecular weight is 431 g/mol. The summed E-state index contributed by atoms with van der Waals surface area (Å²) in [5.41, 5.74) is 1.98. The number of amides is 2. The lowest BCUT2D eigenvalue weighted by Gasteiger charge is -2.15. The summed E-state index contributed by atoms with van der Waals surface area (Å²) in [4.78, 5) is 27.8. The Morgan fingerprint density at radius 1 is 0.966 bits per heavy atom. The lowest BCUT2D eigenvalue weighted by Crippen LogP contribution is -2.33. The van der Waals surface area contributed by atoms with Gasteiger partial charge in [0.15, 0.2) is 0 Å². The van der Waals surface area contributed by atoms with Crippen LogP contribution >= 0.6 is 11.8 Å². The van der Waals surface area contributed by atoms with E-state index in [4.69, 9.17) is 5.14 Å². The minimum Gasteiger partial charge on any atom is -0.274 e. The zero-order valence-electron chi connectivity index (χ0n) is 16.2. The van der Waals surface area contributed by atoms with Crippen molar-refractivity contribution in [2.45, 2.75) is 30.4 Å². The summed E-state index contributed by atoms with van der Waals surface area (Å²) in [6.45, 7) is 4.17. The first kappa shape index (κ1) is 21.3. The molecule has 0 aliphatic carbocycles. The van der Waals surface area contributed by atoms with Crippen molar-refractivity contribution in [3.05, 3.63) is 70.6 Å². The molecule has 0 saturated heterocycles. The molecule has 2 amide bonds. The van der Waals surface area contributed by atoms with Crippen LogP contribution in [0.1, 0.15) is 25.0 Å². The highest BCUT2D eigenvalue weighted by molar-refractivity contribution is 8.04. The van der Waals surface area contributed by atoms with Crippen molar-refractivity contribution in [2.75, 3.05) is 6.54 Å². The Bertz CT molecular complexity index is 1060. The second-order valence-corrected chi connectivity index (χ2v) is 10.1. The number of benzene rings is 2. The van der Waals surface area contributed by atoms with Crippen LogP contribution in [0.5, 0.6) is 0 Å². The molecule has 1 aliphatic heterocycles. The number of nitrogens with zero attached hydrogens (tertiary/aromatic N) is 1. The van der Waals surface area contributed by atoms with Crippen LogP contribution in [0.2, 0.25) is 0 Å². The van der Waals surface area contributed by atoms with Crippen LogP contribution < -0.4 is 5.14 Å². The molecule has 0 radical (unpaired) electrons. The van der Waals surface area contributed by atoms with Crippen LogP contribution in [0.15, 0.2) is 64.4 Å². The van der Waals surface area contributed by atoms with Gasteiger partial charge in [-0.25, -0.2) is 13.6 Å². The maximum absolute atomic E-state index is 13.1. The van der Waals surface area contributed by atoms with Gasteiger partial charge >= 0.3 is 0 Å². The number of carbonyl (C=O) groups excluding carboxylic acids is 2. The number of imide groups is 1. The zero-order chi connectivity index (χ0) is 21.2. The Hall–Kier alpha value is -2.42. The van der Waals surface area contributed by atoms with Crippen molar-refractivity contribution in [1.82, 2.24) is 4.90 Å². The van der Waals surface area contributed by atoms with Crippen LogP contribution in [-0.2, 0) is 26.0 Å². The van der Waals surface area contributed by atoms with E-state index in [9.17, 15) is 18.0 Å². The van der Waals surface area contributed by atoms with Crippen molar-refractivity contribution < 1.29 is 18.0 Å². The lowest BCUT2D eigenvalue weighted by atomic mass is 10.1. The fourth-order valence-corrected chi connectivity index (χ4v) is 4.57. The summed E-state index contributed by atoms with van der Waals surface area (Å²) in [5, 5.41) is 5.27. The molecule has 2 aromatic rings. The number of thioether (sulfide) groups is 1. The topological polar surface area (TPSA) is 97.5 Å². The van der Waals surface area contributed by atoms with E-state index in [0.717, 1.165) is 11.1 Å². The molecule has 152 valence electrons. The Labute approximate surface area is 174 Å². The standard InChI is InChI=1S/C21H22N2O4S2/c1-14(2)28-19-18(16-6-4-3-5-7-16)20(24)23(21(19)25)13-12-15-8-10-17(11-9-15)29(22,26)27/h3-11,14H,12-13H2,1-2H3,(H2,22,26,27). The minimum atomic E-state index is -3.75. The third-order valence-electron chi connectivity index (χ3n) is 4.42. The molecule has 1 aliphatic rings. The molecule has 0 atom stereocenters. The van der Waals surface area contributed by atoms with E-state index in [2.05, 4.69) is 0 Å². The van der Waals surface area contributed by atoms with Crippen LogP contribution in [0.4, 0.5) is 0 Å². The largest absolute Gasteiger partial charge is 0.274 e. The monoisotopic (exact) mass is 430 g/mol. The number of nitrogens with two attached hydrogens (primary N) is 1. The van der Waals surface area contributed by atoms with Crippen molar-refractivity contribution in [1.29, 1.82) is 0 Å². The number of carbonyl (C=O) groups is 2. The van der Waals surface area contributed by atoms with Crippen molar-refractivity contribution in [3.8, 4) is 0 Å². The van der Waals surface area contributed by atoms with Crippen molar-refractivity contribution in [3.63, 3.8) is 0 Å². The van der Waals surface area contributed by atoms with E-state index in [1.54, 1.807) is 12.1 Å². The van der Waals surface area contributed by atoms with E-state index < -0.39 is 10.0 Å². The van der Waals surface area contributed by atoms with Gasteiger partial charge in [-0.05, 0) is 29.7 Å². The summed E-state index contributed by atoms with van der Waals surface area (Å²) in [6, 6.07) is 15.3. The predicted octanol–water partition coefficient (Wildman–Crippen LogP) is 2.80. The second kappa shape index (κ2) is 8.52. The van der Waals surface area contributed by atoms with E-state index in [1.807, 2.05) is 44.2 Å². The smallest absolute Gasteiger partial charge is 0.268 e. The van der Waals surface area contributed by atoms with E-state index in [0.29, 0.717) is 16.9 Å². The van der Waals surface area contributed by atoms with Crippen molar-refractivity contribution >= 4 is 39.2 Å². The highest BCUT2D eigenvalue weighted by Crippen LogP contribution is 2.37. The molecule has 6 nitrogen and oxygen atoms in total. The molecule has 29 heavy (non-hydrogen) atoms. The molecule has 0 bridgehead atoms. The van der Waals surface area contributed by atoms with Gasteiger partial charge < -0.3 is 0 Å². The van der Waals surface area contributed by atoms with E-state index in [-0.39, 0.29) is 28.5 Å². The van der Waals surface area contributed by atoms with E-state index in [1.165, 1.54) is 28.8 Å². The van der Waals surface area contributed by atoms with Gasteiger partial charge in [0, 0.05) is 11.8 Å². The van der Waals surface area contributed by atoms with Gasteiger partial charge in [0.25, 0.3) is 11.8 Å². The number of hydrogen-bond acceptors (Lipinski definition) is 5. The minimum absolute atomic E-state index is 0.0261. The molecule has 0 aromatic heterocycles. The summed E-state index contributed by atoms with van der Waals surface area (Å²) in [7, 11) is -3.75. The fourth-order valence-electron chi connectivity index (χ4n) is 3.05. The maximum atomic E-state index is 13.1. The molecule has 3 rings (SSSR count). The van der Waals surface area contributed by atoms with Crippen LogP contribution in [-0.4, -0.2) is 36.9 Å². The third-order valence-corrected chi connectivity index (χ3v) is 6.43. The third kappa shape index (κ3) is 4.77. The van der Waals surface area contributed by atoms with Gasteiger partial charge in [0.05, 0.1) is 15.4 Å². The van der Waals surface area contributed by atoms with Crippen molar-refractivity contribution in [2.24, 2.45) is 5.14 Å². The number of sulfonamides is 1. The molecule has 0 spiro atoms. The van der Waals surface area contributed by atoms with Gasteiger partial charge in [-0.1, -0.05) is 56.3 Å². The van der Waals surface area contributed by atoms with Gasteiger partial charge in [-0.15, -0.1) is 11.8 Å². The number of primary sulfonamides is 1. The number of hydrogen-bond donors (Lipinski definition) is 1. The Kier molecular flexibility index (Phi) is 6.26. The van der Waals surface area contributed by atoms with Gasteiger partial charge in [0.1, 0.15) is 0 Å². The molecule has 0 fully saturated rings. The highest BCUT2D eigenvalue weighted by atomic mass is 32.2. The van der Waals surface area contributed by atoms with Crippen LogP contribution in [0.25, 0.3) is 5.57 Å². The quantitative estimate of drug-likeness (QED) is 0.681. The zero-order valence-corrected chi connectivity index (χ0v) is 17.8. The molecule has 0 saturated carbocycles. The Balaban J connectivity index is 1.81. The Morgan fingerprint density at radius 3 is 2.14 bits per heavy atom. The predicted molar refractivity (Wildman–Crippen MR) is 114 cm³/mol. The SMILES string of the molecule is CC(C)SC1=C(c2ccccc2)C(=O)N(CCc2ccc(S(N)(=O)=O)cc2)C1=O. The lowest BCUT2D eigenvalue weighted by molar-refractivity contribution is -0.136. The van der Waals surface area contributed by atoms with Crippen LogP contribution in [0.3, 0.4) is 0 Å². The van der Waals surface area contributed by atoms with E-state index >= 15 is 0 Å².